The molecule has 0 spiro atoms. The molecule has 0 N–H and O–H groups in total. The summed E-state index contributed by atoms with van der Waals surface area (Å²) in [4.78, 5) is 29.1. The van der Waals surface area contributed by atoms with Crippen LogP contribution in [0.1, 0.15) is 29.9 Å². The van der Waals surface area contributed by atoms with Crippen LogP contribution >= 0.6 is 0 Å². The zero-order valence-corrected chi connectivity index (χ0v) is 17.9. The van der Waals surface area contributed by atoms with E-state index in [2.05, 4.69) is 12.2 Å². The number of anilines is 1. The summed E-state index contributed by atoms with van der Waals surface area (Å²) in [6.45, 7) is 2.35. The monoisotopic (exact) mass is 423 g/mol. The summed E-state index contributed by atoms with van der Waals surface area (Å²) in [5, 5.41) is 0. The Bertz CT molecular complexity index is 1090. The molecule has 1 heterocycles. The second-order valence-corrected chi connectivity index (χ2v) is 8.22. The Hall–Kier alpha value is -3.66. The summed E-state index contributed by atoms with van der Waals surface area (Å²) >= 11 is 0. The van der Waals surface area contributed by atoms with E-state index < -0.39 is 11.8 Å². The van der Waals surface area contributed by atoms with Crippen LogP contribution in [-0.4, -0.2) is 18.4 Å². The Kier molecular flexibility index (Phi) is 5.36. The van der Waals surface area contributed by atoms with Crippen molar-refractivity contribution in [2.24, 2.45) is 11.8 Å². The average Bonchev–Trinajstić information content (AvgIpc) is 3.11. The van der Waals surface area contributed by atoms with Crippen LogP contribution in [0.2, 0.25) is 0 Å². The van der Waals surface area contributed by atoms with Gasteiger partial charge in [0.1, 0.15) is 5.75 Å². The quantitative estimate of drug-likeness (QED) is 0.412. The lowest BCUT2D eigenvalue weighted by atomic mass is 9.68. The number of benzene rings is 3. The van der Waals surface area contributed by atoms with Crippen molar-refractivity contribution in [2.45, 2.75) is 18.8 Å². The lowest BCUT2D eigenvalue weighted by Gasteiger charge is -2.32. The Balaban J connectivity index is 1.63. The SMILES string of the molecule is CCOc1ccccc1N1C(=O)C2C(c3ccccc3)C=CC(c3ccccc3)C2C1=O. The Morgan fingerprint density at radius 3 is 1.66 bits per heavy atom. The molecule has 160 valence electrons. The number of hydrogen-bond acceptors (Lipinski definition) is 3. The minimum absolute atomic E-state index is 0.151. The number of rotatable bonds is 5. The Morgan fingerprint density at radius 1 is 0.688 bits per heavy atom. The van der Waals surface area contributed by atoms with Gasteiger partial charge in [0.2, 0.25) is 11.8 Å². The minimum Gasteiger partial charge on any atom is -0.492 e. The van der Waals surface area contributed by atoms with E-state index in [0.29, 0.717) is 18.0 Å². The van der Waals surface area contributed by atoms with Gasteiger partial charge in [-0.3, -0.25) is 9.59 Å². The van der Waals surface area contributed by atoms with Crippen LogP contribution in [0.25, 0.3) is 0 Å². The van der Waals surface area contributed by atoms with E-state index in [4.69, 9.17) is 4.74 Å². The molecule has 4 heteroatoms. The number of para-hydroxylation sites is 2. The molecular formula is C28H25NO3. The predicted molar refractivity (Wildman–Crippen MR) is 125 cm³/mol. The van der Waals surface area contributed by atoms with Crippen molar-refractivity contribution < 1.29 is 14.3 Å². The van der Waals surface area contributed by atoms with Gasteiger partial charge >= 0.3 is 0 Å². The van der Waals surface area contributed by atoms with Crippen LogP contribution in [0.5, 0.6) is 5.75 Å². The van der Waals surface area contributed by atoms with E-state index in [1.165, 1.54) is 4.90 Å². The number of carbonyl (C=O) groups is 2. The standard InChI is InChI=1S/C28H25NO3/c1-2-32-24-16-10-9-15-23(24)29-27(30)25-21(19-11-5-3-6-12-19)17-18-22(26(25)28(29)31)20-13-7-4-8-14-20/h3-18,21-22,25-26H,2H2,1H3. The number of imide groups is 1. The highest BCUT2D eigenvalue weighted by Gasteiger charge is 2.55. The maximum absolute atomic E-state index is 13.9. The van der Waals surface area contributed by atoms with Crippen molar-refractivity contribution in [3.63, 3.8) is 0 Å². The van der Waals surface area contributed by atoms with Crippen LogP contribution in [0.15, 0.2) is 97.1 Å². The van der Waals surface area contributed by atoms with Crippen molar-refractivity contribution in [1.29, 1.82) is 0 Å². The molecule has 1 aliphatic heterocycles. The fraction of sp³-hybridized carbons (Fsp3) is 0.214. The van der Waals surface area contributed by atoms with Crippen LogP contribution in [0.4, 0.5) is 5.69 Å². The van der Waals surface area contributed by atoms with Crippen molar-refractivity contribution in [1.82, 2.24) is 0 Å². The maximum atomic E-state index is 13.9. The van der Waals surface area contributed by atoms with Gasteiger partial charge in [-0.25, -0.2) is 4.90 Å². The second-order valence-electron chi connectivity index (χ2n) is 8.22. The molecule has 4 nitrogen and oxygen atoms in total. The van der Waals surface area contributed by atoms with E-state index in [-0.39, 0.29) is 23.7 Å². The van der Waals surface area contributed by atoms with Crippen LogP contribution in [-0.2, 0) is 9.59 Å². The van der Waals surface area contributed by atoms with Crippen molar-refractivity contribution in [3.05, 3.63) is 108 Å². The number of allylic oxidation sites excluding steroid dienone is 2. The topological polar surface area (TPSA) is 46.6 Å². The number of carbonyl (C=O) groups excluding carboxylic acids is 2. The van der Waals surface area contributed by atoms with E-state index in [1.807, 2.05) is 85.8 Å². The van der Waals surface area contributed by atoms with Crippen molar-refractivity contribution >= 4 is 17.5 Å². The molecule has 4 atom stereocenters. The molecule has 0 bridgehead atoms. The Labute approximate surface area is 188 Å². The first kappa shape index (κ1) is 20.3. The van der Waals surface area contributed by atoms with Gasteiger partial charge in [-0.05, 0) is 30.2 Å². The van der Waals surface area contributed by atoms with Gasteiger partial charge in [-0.15, -0.1) is 0 Å². The zero-order chi connectivity index (χ0) is 22.1. The normalized spacial score (nSPS) is 24.5. The lowest BCUT2D eigenvalue weighted by Crippen LogP contribution is -2.32. The van der Waals surface area contributed by atoms with E-state index in [1.54, 1.807) is 6.07 Å². The molecule has 2 aliphatic rings. The summed E-state index contributed by atoms with van der Waals surface area (Å²) in [5.41, 5.74) is 2.62. The predicted octanol–water partition coefficient (Wildman–Crippen LogP) is 5.33. The molecule has 3 aromatic carbocycles. The average molecular weight is 424 g/mol. The summed E-state index contributed by atoms with van der Waals surface area (Å²) in [5.74, 6) is -0.998. The highest BCUT2D eigenvalue weighted by molar-refractivity contribution is 6.23. The smallest absolute Gasteiger partial charge is 0.238 e. The first-order valence-corrected chi connectivity index (χ1v) is 11.1. The first-order valence-electron chi connectivity index (χ1n) is 11.1. The molecule has 1 aliphatic carbocycles. The molecule has 0 radical (unpaired) electrons. The highest BCUT2D eigenvalue weighted by atomic mass is 16.5. The van der Waals surface area contributed by atoms with E-state index in [0.717, 1.165) is 11.1 Å². The van der Waals surface area contributed by atoms with Gasteiger partial charge in [0.25, 0.3) is 0 Å². The third-order valence-corrected chi connectivity index (χ3v) is 6.47. The number of amides is 2. The van der Waals surface area contributed by atoms with Gasteiger partial charge < -0.3 is 4.74 Å². The van der Waals surface area contributed by atoms with Crippen molar-refractivity contribution in [3.8, 4) is 5.75 Å². The summed E-state index contributed by atoms with van der Waals surface area (Å²) in [6, 6.07) is 27.3. The van der Waals surface area contributed by atoms with Gasteiger partial charge in [0.05, 0.1) is 24.1 Å². The second kappa shape index (κ2) is 8.46. The van der Waals surface area contributed by atoms with E-state index in [9.17, 15) is 9.59 Å². The molecule has 2 amide bonds. The fourth-order valence-corrected chi connectivity index (χ4v) is 5.09. The minimum atomic E-state index is -0.463. The maximum Gasteiger partial charge on any atom is 0.238 e. The summed E-state index contributed by atoms with van der Waals surface area (Å²) < 4.78 is 5.76. The molecule has 1 saturated heterocycles. The highest BCUT2D eigenvalue weighted by Crippen LogP contribution is 2.51. The third kappa shape index (κ3) is 3.32. The number of fused-ring (bicyclic) bond motifs is 1. The summed E-state index contributed by atoms with van der Waals surface area (Å²) in [7, 11) is 0. The van der Waals surface area contributed by atoms with Crippen LogP contribution < -0.4 is 9.64 Å². The molecule has 3 aromatic rings. The van der Waals surface area contributed by atoms with Crippen LogP contribution in [0.3, 0.4) is 0 Å². The lowest BCUT2D eigenvalue weighted by molar-refractivity contribution is -0.122. The molecule has 0 aromatic heterocycles. The molecule has 5 rings (SSSR count). The Morgan fingerprint density at radius 2 is 1.16 bits per heavy atom. The van der Waals surface area contributed by atoms with Crippen molar-refractivity contribution in [2.75, 3.05) is 11.5 Å². The van der Waals surface area contributed by atoms with Gasteiger partial charge in [-0.1, -0.05) is 84.9 Å². The third-order valence-electron chi connectivity index (χ3n) is 6.47. The number of ether oxygens (including phenoxy) is 1. The van der Waals surface area contributed by atoms with Gasteiger partial charge in [-0.2, -0.15) is 0 Å². The summed E-state index contributed by atoms with van der Waals surface area (Å²) in [6.07, 6.45) is 4.22. The molecule has 1 fully saturated rings. The van der Waals surface area contributed by atoms with Gasteiger partial charge in [0, 0.05) is 11.8 Å². The first-order chi connectivity index (χ1) is 15.7. The molecular weight excluding hydrogens is 398 g/mol. The molecule has 32 heavy (non-hydrogen) atoms. The van der Waals surface area contributed by atoms with Gasteiger partial charge in [0.15, 0.2) is 0 Å². The number of nitrogens with zero attached hydrogens (tertiary/aromatic N) is 1. The fourth-order valence-electron chi connectivity index (χ4n) is 5.09. The molecule has 4 unspecified atom stereocenters. The van der Waals surface area contributed by atoms with Crippen LogP contribution in [0, 0.1) is 11.8 Å². The molecule has 0 saturated carbocycles. The zero-order valence-electron chi connectivity index (χ0n) is 17.9. The number of hydrogen-bond donors (Lipinski definition) is 0. The van der Waals surface area contributed by atoms with E-state index >= 15 is 0 Å². The largest absolute Gasteiger partial charge is 0.492 e.